The van der Waals surface area contributed by atoms with Crippen LogP contribution in [0.15, 0.2) is 18.2 Å². The normalized spacial score (nSPS) is 13.6. The van der Waals surface area contributed by atoms with Crippen LogP contribution >= 0.6 is 0 Å². The van der Waals surface area contributed by atoms with Crippen LogP contribution in [-0.4, -0.2) is 25.1 Å². The number of ether oxygens (including phenoxy) is 1. The molecule has 1 rings (SSSR count). The van der Waals surface area contributed by atoms with Crippen LogP contribution in [0.3, 0.4) is 0 Å². The Bertz CT molecular complexity index is 466. The Morgan fingerprint density at radius 2 is 2.05 bits per heavy atom. The standard InChI is InChI=1S/C16H25FN2O2/c1-5-9-19-11(3)14-8-7-13(10-15(14)17)21-12(4)16(20)18-6-2/h7-8,10-12,19H,5-6,9H2,1-4H3,(H,18,20). The van der Waals surface area contributed by atoms with Crippen molar-refractivity contribution in [1.29, 1.82) is 0 Å². The van der Waals surface area contributed by atoms with Crippen molar-refractivity contribution in [3.63, 3.8) is 0 Å². The lowest BCUT2D eigenvalue weighted by Crippen LogP contribution is -2.36. The van der Waals surface area contributed by atoms with Crippen LogP contribution < -0.4 is 15.4 Å². The van der Waals surface area contributed by atoms with E-state index in [-0.39, 0.29) is 17.8 Å². The minimum atomic E-state index is -0.647. The van der Waals surface area contributed by atoms with Crippen LogP contribution in [0.1, 0.15) is 45.7 Å². The van der Waals surface area contributed by atoms with Crippen molar-refractivity contribution in [3.8, 4) is 5.75 Å². The van der Waals surface area contributed by atoms with Crippen LogP contribution in [0.5, 0.6) is 5.75 Å². The van der Waals surface area contributed by atoms with Gasteiger partial charge in [-0.15, -0.1) is 0 Å². The summed E-state index contributed by atoms with van der Waals surface area (Å²) in [6.07, 6.45) is 0.350. The number of carbonyl (C=O) groups is 1. The van der Waals surface area contributed by atoms with E-state index in [1.165, 1.54) is 6.07 Å². The van der Waals surface area contributed by atoms with Gasteiger partial charge < -0.3 is 15.4 Å². The Morgan fingerprint density at radius 3 is 2.62 bits per heavy atom. The number of hydrogen-bond acceptors (Lipinski definition) is 3. The summed E-state index contributed by atoms with van der Waals surface area (Å²) in [7, 11) is 0. The average Bonchev–Trinajstić information content (AvgIpc) is 2.45. The second-order valence-corrected chi connectivity index (χ2v) is 5.01. The minimum absolute atomic E-state index is 0.0557. The molecule has 5 heteroatoms. The van der Waals surface area contributed by atoms with Gasteiger partial charge in [-0.25, -0.2) is 4.39 Å². The Balaban J connectivity index is 2.71. The van der Waals surface area contributed by atoms with E-state index < -0.39 is 6.10 Å². The molecule has 21 heavy (non-hydrogen) atoms. The second-order valence-electron chi connectivity index (χ2n) is 5.01. The molecule has 1 aromatic carbocycles. The molecule has 0 aliphatic rings. The molecule has 118 valence electrons. The number of halogens is 1. The number of likely N-dealkylation sites (N-methyl/N-ethyl adjacent to an activating group) is 1. The lowest BCUT2D eigenvalue weighted by atomic mass is 10.1. The van der Waals surface area contributed by atoms with E-state index in [9.17, 15) is 9.18 Å². The molecule has 2 N–H and O–H groups in total. The van der Waals surface area contributed by atoms with E-state index in [0.717, 1.165) is 13.0 Å². The van der Waals surface area contributed by atoms with Gasteiger partial charge >= 0.3 is 0 Å². The van der Waals surface area contributed by atoms with Crippen molar-refractivity contribution in [1.82, 2.24) is 10.6 Å². The van der Waals surface area contributed by atoms with E-state index >= 15 is 0 Å². The molecule has 0 fully saturated rings. The monoisotopic (exact) mass is 296 g/mol. The van der Waals surface area contributed by atoms with E-state index in [2.05, 4.69) is 17.6 Å². The number of rotatable bonds is 8. The molecule has 0 aromatic heterocycles. The predicted octanol–water partition coefficient (Wildman–Crippen LogP) is 2.79. The minimum Gasteiger partial charge on any atom is -0.481 e. The molecule has 2 unspecified atom stereocenters. The van der Waals surface area contributed by atoms with E-state index in [4.69, 9.17) is 4.74 Å². The van der Waals surface area contributed by atoms with Gasteiger partial charge in [0, 0.05) is 24.2 Å². The molecule has 2 atom stereocenters. The summed E-state index contributed by atoms with van der Waals surface area (Å²) in [5.74, 6) is -0.177. The molecule has 0 saturated carbocycles. The second kappa shape index (κ2) is 8.62. The van der Waals surface area contributed by atoms with Crippen molar-refractivity contribution in [3.05, 3.63) is 29.6 Å². The molecule has 0 aliphatic heterocycles. The van der Waals surface area contributed by atoms with Crippen LogP contribution in [-0.2, 0) is 4.79 Å². The summed E-state index contributed by atoms with van der Waals surface area (Å²) >= 11 is 0. The van der Waals surface area contributed by atoms with Gasteiger partial charge in [0.1, 0.15) is 11.6 Å². The zero-order valence-corrected chi connectivity index (χ0v) is 13.2. The first kappa shape index (κ1) is 17.4. The van der Waals surface area contributed by atoms with Crippen molar-refractivity contribution >= 4 is 5.91 Å². The molecular formula is C16H25FN2O2. The number of amides is 1. The van der Waals surface area contributed by atoms with Crippen molar-refractivity contribution in [2.45, 2.75) is 46.3 Å². The topological polar surface area (TPSA) is 50.4 Å². The summed E-state index contributed by atoms with van der Waals surface area (Å²) in [6, 6.07) is 4.66. The Hall–Kier alpha value is -1.62. The van der Waals surface area contributed by atoms with Crippen LogP contribution in [0.4, 0.5) is 4.39 Å². The van der Waals surface area contributed by atoms with Gasteiger partial charge in [0.2, 0.25) is 0 Å². The molecule has 0 heterocycles. The summed E-state index contributed by atoms with van der Waals surface area (Å²) in [4.78, 5) is 11.6. The van der Waals surface area contributed by atoms with E-state index in [1.54, 1.807) is 19.1 Å². The van der Waals surface area contributed by atoms with Crippen LogP contribution in [0.25, 0.3) is 0 Å². The number of carbonyl (C=O) groups excluding carboxylic acids is 1. The first-order valence-corrected chi connectivity index (χ1v) is 7.46. The third kappa shape index (κ3) is 5.34. The van der Waals surface area contributed by atoms with Gasteiger partial charge in [-0.2, -0.15) is 0 Å². The van der Waals surface area contributed by atoms with Crippen molar-refractivity contribution in [2.24, 2.45) is 0 Å². The fourth-order valence-corrected chi connectivity index (χ4v) is 1.98. The third-order valence-corrected chi connectivity index (χ3v) is 3.17. The van der Waals surface area contributed by atoms with Crippen LogP contribution in [0, 0.1) is 5.82 Å². The lowest BCUT2D eigenvalue weighted by molar-refractivity contribution is -0.127. The number of nitrogens with one attached hydrogen (secondary N) is 2. The third-order valence-electron chi connectivity index (χ3n) is 3.17. The highest BCUT2D eigenvalue weighted by Gasteiger charge is 2.16. The smallest absolute Gasteiger partial charge is 0.260 e. The molecule has 4 nitrogen and oxygen atoms in total. The fourth-order valence-electron chi connectivity index (χ4n) is 1.98. The Labute approximate surface area is 126 Å². The number of hydrogen-bond donors (Lipinski definition) is 2. The van der Waals surface area contributed by atoms with Gasteiger partial charge in [-0.3, -0.25) is 4.79 Å². The Kier molecular flexibility index (Phi) is 7.15. The average molecular weight is 296 g/mol. The molecule has 0 radical (unpaired) electrons. The maximum atomic E-state index is 14.1. The van der Waals surface area contributed by atoms with Gasteiger partial charge in [-0.05, 0) is 39.8 Å². The zero-order chi connectivity index (χ0) is 15.8. The quantitative estimate of drug-likeness (QED) is 0.775. The fraction of sp³-hybridized carbons (Fsp3) is 0.562. The highest BCUT2D eigenvalue weighted by atomic mass is 19.1. The maximum absolute atomic E-state index is 14.1. The molecule has 0 spiro atoms. The summed E-state index contributed by atoms with van der Waals surface area (Å²) in [5, 5.41) is 5.90. The summed E-state index contributed by atoms with van der Waals surface area (Å²) in [5.41, 5.74) is 0.599. The van der Waals surface area contributed by atoms with Gasteiger partial charge in [0.25, 0.3) is 5.91 Å². The first-order valence-electron chi connectivity index (χ1n) is 7.46. The summed E-state index contributed by atoms with van der Waals surface area (Å²) in [6.45, 7) is 8.85. The SMILES string of the molecule is CCCNC(C)c1ccc(OC(C)C(=O)NCC)cc1F. The molecule has 0 bridgehead atoms. The highest BCUT2D eigenvalue weighted by Crippen LogP contribution is 2.22. The molecule has 1 amide bonds. The van der Waals surface area contributed by atoms with Crippen molar-refractivity contribution in [2.75, 3.05) is 13.1 Å². The molecule has 0 aliphatic carbocycles. The van der Waals surface area contributed by atoms with E-state index in [0.29, 0.717) is 17.9 Å². The molecular weight excluding hydrogens is 271 g/mol. The van der Waals surface area contributed by atoms with Gasteiger partial charge in [-0.1, -0.05) is 13.0 Å². The Morgan fingerprint density at radius 1 is 1.33 bits per heavy atom. The van der Waals surface area contributed by atoms with E-state index in [1.807, 2.05) is 13.8 Å². The van der Waals surface area contributed by atoms with Gasteiger partial charge in [0.15, 0.2) is 6.10 Å². The zero-order valence-electron chi connectivity index (χ0n) is 13.2. The maximum Gasteiger partial charge on any atom is 0.260 e. The predicted molar refractivity (Wildman–Crippen MR) is 81.9 cm³/mol. The summed E-state index contributed by atoms with van der Waals surface area (Å²) < 4.78 is 19.6. The number of benzene rings is 1. The molecule has 0 saturated heterocycles. The first-order chi connectivity index (χ1) is 9.99. The lowest BCUT2D eigenvalue weighted by Gasteiger charge is -2.17. The van der Waals surface area contributed by atoms with Crippen molar-refractivity contribution < 1.29 is 13.9 Å². The van der Waals surface area contributed by atoms with Crippen LogP contribution in [0.2, 0.25) is 0 Å². The highest BCUT2D eigenvalue weighted by molar-refractivity contribution is 5.80. The molecule has 1 aromatic rings. The largest absolute Gasteiger partial charge is 0.481 e. The van der Waals surface area contributed by atoms with Gasteiger partial charge in [0.05, 0.1) is 0 Å².